The van der Waals surface area contributed by atoms with Crippen molar-refractivity contribution in [3.63, 3.8) is 0 Å². The van der Waals surface area contributed by atoms with Crippen LogP contribution in [0.4, 0.5) is 0 Å². The molecule has 25 heavy (non-hydrogen) atoms. The van der Waals surface area contributed by atoms with E-state index in [0.29, 0.717) is 12.0 Å². The maximum absolute atomic E-state index is 12.9. The second-order valence-electron chi connectivity index (χ2n) is 6.54. The predicted molar refractivity (Wildman–Crippen MR) is 92.5 cm³/mol. The summed E-state index contributed by atoms with van der Waals surface area (Å²) in [5.41, 5.74) is 0.387. The van der Waals surface area contributed by atoms with E-state index in [1.807, 2.05) is 0 Å². The van der Waals surface area contributed by atoms with Gasteiger partial charge in [-0.25, -0.2) is 16.8 Å². The molecule has 2 unspecified atom stereocenters. The van der Waals surface area contributed by atoms with Gasteiger partial charge in [-0.1, -0.05) is 11.6 Å². The molecule has 1 fully saturated rings. The van der Waals surface area contributed by atoms with Gasteiger partial charge in [0, 0.05) is 18.2 Å². The molecule has 9 heteroatoms. The number of carbonyl (C=O) groups excluding carboxylic acids is 2. The minimum Gasteiger partial charge on any atom is -0.299 e. The van der Waals surface area contributed by atoms with Crippen molar-refractivity contribution in [2.45, 2.75) is 35.8 Å². The molecule has 3 rings (SSSR count). The van der Waals surface area contributed by atoms with Crippen LogP contribution in [0.3, 0.4) is 0 Å². The molecule has 2 aliphatic rings. The van der Waals surface area contributed by atoms with E-state index in [-0.39, 0.29) is 40.5 Å². The molecule has 0 spiro atoms. The van der Waals surface area contributed by atoms with Gasteiger partial charge in [-0.3, -0.25) is 9.59 Å². The van der Waals surface area contributed by atoms with Crippen molar-refractivity contribution in [2.24, 2.45) is 5.92 Å². The lowest BCUT2D eigenvalue weighted by molar-refractivity contribution is -0.122. The van der Waals surface area contributed by atoms with E-state index >= 15 is 0 Å². The largest absolute Gasteiger partial charge is 0.299 e. The molecular formula is C16H17ClO6S2. The number of hydrogen-bond donors (Lipinski definition) is 0. The van der Waals surface area contributed by atoms with Crippen LogP contribution in [0.1, 0.15) is 35.2 Å². The number of ketones is 2. The molecule has 1 saturated carbocycles. The van der Waals surface area contributed by atoms with Gasteiger partial charge in [0.05, 0.1) is 26.8 Å². The van der Waals surface area contributed by atoms with Crippen molar-refractivity contribution in [2.75, 3.05) is 12.0 Å². The number of carbonyl (C=O) groups is 2. The zero-order valence-corrected chi connectivity index (χ0v) is 15.9. The minimum absolute atomic E-state index is 0.00852. The maximum Gasteiger partial charge on any atom is 0.179 e. The SMILES string of the molecule is CS(=O)(=O)C1CCCC(=O)C1C(=O)c1ccc2c(c1Cl)CCS2(=O)=O. The molecule has 136 valence electrons. The highest BCUT2D eigenvalue weighted by molar-refractivity contribution is 7.91. The number of benzene rings is 1. The quantitative estimate of drug-likeness (QED) is 0.560. The number of sulfone groups is 2. The first-order valence-electron chi connectivity index (χ1n) is 7.84. The highest BCUT2D eigenvalue weighted by Gasteiger charge is 2.44. The predicted octanol–water partition coefficient (Wildman–Crippen LogP) is 1.63. The van der Waals surface area contributed by atoms with E-state index in [4.69, 9.17) is 11.6 Å². The van der Waals surface area contributed by atoms with E-state index < -0.39 is 42.4 Å². The fourth-order valence-corrected chi connectivity index (χ4v) is 6.94. The molecule has 1 aromatic rings. The summed E-state index contributed by atoms with van der Waals surface area (Å²) in [4.78, 5) is 25.3. The first-order chi connectivity index (χ1) is 11.5. The Hall–Kier alpha value is -1.25. The van der Waals surface area contributed by atoms with Gasteiger partial charge in [0.1, 0.15) is 5.78 Å². The summed E-state index contributed by atoms with van der Waals surface area (Å²) >= 11 is 6.26. The summed E-state index contributed by atoms with van der Waals surface area (Å²) in [7, 11) is -6.98. The third kappa shape index (κ3) is 3.15. The van der Waals surface area contributed by atoms with E-state index in [0.717, 1.165) is 6.26 Å². The molecule has 0 aromatic heterocycles. The summed E-state index contributed by atoms with van der Waals surface area (Å²) in [6, 6.07) is 2.60. The Bertz CT molecular complexity index is 978. The van der Waals surface area contributed by atoms with E-state index in [9.17, 15) is 26.4 Å². The Morgan fingerprint density at radius 2 is 1.92 bits per heavy atom. The summed E-state index contributed by atoms with van der Waals surface area (Å²) in [5, 5.41) is -1.05. The molecular weight excluding hydrogens is 388 g/mol. The summed E-state index contributed by atoms with van der Waals surface area (Å²) in [6.45, 7) is 0. The Kier molecular flexibility index (Phi) is 4.58. The Labute approximate surface area is 151 Å². The van der Waals surface area contributed by atoms with Gasteiger partial charge in [0.2, 0.25) is 0 Å². The summed E-state index contributed by atoms with van der Waals surface area (Å²) in [5.74, 6) is -2.40. The minimum atomic E-state index is -3.58. The van der Waals surface area contributed by atoms with Gasteiger partial charge in [-0.15, -0.1) is 0 Å². The zero-order valence-electron chi connectivity index (χ0n) is 13.5. The van der Waals surface area contributed by atoms with Crippen LogP contribution in [0.5, 0.6) is 0 Å². The molecule has 0 saturated heterocycles. The van der Waals surface area contributed by atoms with Crippen LogP contribution in [-0.2, 0) is 30.9 Å². The smallest absolute Gasteiger partial charge is 0.179 e. The molecule has 0 N–H and O–H groups in total. The lowest BCUT2D eigenvalue weighted by Gasteiger charge is -2.28. The van der Waals surface area contributed by atoms with Crippen LogP contribution in [0.25, 0.3) is 0 Å². The van der Waals surface area contributed by atoms with Crippen molar-refractivity contribution in [3.05, 3.63) is 28.3 Å². The molecule has 1 heterocycles. The van der Waals surface area contributed by atoms with Crippen LogP contribution < -0.4 is 0 Å². The third-order valence-electron chi connectivity index (χ3n) is 4.88. The van der Waals surface area contributed by atoms with Crippen LogP contribution in [0, 0.1) is 5.92 Å². The first-order valence-corrected chi connectivity index (χ1v) is 11.8. The second-order valence-corrected chi connectivity index (χ2v) is 11.3. The lowest BCUT2D eigenvalue weighted by atomic mass is 9.82. The molecule has 6 nitrogen and oxygen atoms in total. The molecule has 2 atom stereocenters. The maximum atomic E-state index is 12.9. The molecule has 1 aliphatic heterocycles. The van der Waals surface area contributed by atoms with Gasteiger partial charge >= 0.3 is 0 Å². The molecule has 1 aliphatic carbocycles. The first kappa shape index (κ1) is 18.5. The number of hydrogen-bond acceptors (Lipinski definition) is 6. The Balaban J connectivity index is 2.08. The fourth-order valence-electron chi connectivity index (χ4n) is 3.62. The van der Waals surface area contributed by atoms with Gasteiger partial charge < -0.3 is 0 Å². The van der Waals surface area contributed by atoms with Crippen LogP contribution in [0.2, 0.25) is 5.02 Å². The molecule has 0 radical (unpaired) electrons. The molecule has 1 aromatic carbocycles. The zero-order chi connectivity index (χ0) is 18.6. The van der Waals surface area contributed by atoms with Crippen molar-refractivity contribution in [1.82, 2.24) is 0 Å². The average Bonchev–Trinajstić information content (AvgIpc) is 2.82. The van der Waals surface area contributed by atoms with Crippen LogP contribution in [-0.4, -0.2) is 45.7 Å². The number of rotatable bonds is 3. The number of Topliss-reactive ketones (excluding diaryl/α,β-unsaturated/α-hetero) is 2. The summed E-state index contributed by atoms with van der Waals surface area (Å²) in [6.07, 6.45) is 2.05. The van der Waals surface area contributed by atoms with Crippen molar-refractivity contribution >= 4 is 42.8 Å². The highest BCUT2D eigenvalue weighted by Crippen LogP contribution is 2.37. The van der Waals surface area contributed by atoms with Crippen LogP contribution >= 0.6 is 11.6 Å². The van der Waals surface area contributed by atoms with Gasteiger partial charge in [-0.2, -0.15) is 0 Å². The molecule has 0 amide bonds. The number of halogens is 1. The topological polar surface area (TPSA) is 102 Å². The normalized spacial score (nSPS) is 25.6. The van der Waals surface area contributed by atoms with Crippen molar-refractivity contribution in [1.29, 1.82) is 0 Å². The monoisotopic (exact) mass is 404 g/mol. The van der Waals surface area contributed by atoms with Gasteiger partial charge in [0.25, 0.3) is 0 Å². The highest BCUT2D eigenvalue weighted by atomic mass is 35.5. The Morgan fingerprint density at radius 3 is 2.56 bits per heavy atom. The fraction of sp³-hybridized carbons (Fsp3) is 0.500. The van der Waals surface area contributed by atoms with Crippen molar-refractivity contribution in [3.8, 4) is 0 Å². The van der Waals surface area contributed by atoms with E-state index in [1.54, 1.807) is 0 Å². The molecule has 0 bridgehead atoms. The van der Waals surface area contributed by atoms with Crippen molar-refractivity contribution < 1.29 is 26.4 Å². The standard InChI is InChI=1S/C16H17ClO6S2/c1-24(20,21)13-4-2-3-11(18)14(13)16(19)10-5-6-12-9(15(10)17)7-8-25(12,22)23/h5-6,13-14H,2-4,7-8H2,1H3. The van der Waals surface area contributed by atoms with Crippen LogP contribution in [0.15, 0.2) is 17.0 Å². The van der Waals surface area contributed by atoms with E-state index in [2.05, 4.69) is 0 Å². The average molecular weight is 405 g/mol. The number of fused-ring (bicyclic) bond motifs is 1. The van der Waals surface area contributed by atoms with Gasteiger partial charge in [0.15, 0.2) is 25.5 Å². The van der Waals surface area contributed by atoms with E-state index in [1.165, 1.54) is 12.1 Å². The lowest BCUT2D eigenvalue weighted by Crippen LogP contribution is -2.43. The van der Waals surface area contributed by atoms with Gasteiger partial charge in [-0.05, 0) is 37.0 Å². The summed E-state index contributed by atoms with van der Waals surface area (Å²) < 4.78 is 47.9. The second kappa shape index (κ2) is 6.17. The third-order valence-corrected chi connectivity index (χ3v) is 8.72. The Morgan fingerprint density at radius 1 is 1.24 bits per heavy atom.